The SMILES string of the molecule is CC(C)[Si]1(C(C)C)OC[C@H]2O[C@H](n3c(Br)nc4c(OCc5ccccc5)nc(N5[Si](C)(C)CC[Si]5(C)C)nc43)C[C@H]2O[Si](C(C)C)(C(C)C)O1. The highest BCUT2D eigenvalue weighted by molar-refractivity contribution is 9.10. The number of anilines is 1. The van der Waals surface area contributed by atoms with Gasteiger partial charge in [-0.1, -0.05) is 112 Å². The van der Waals surface area contributed by atoms with Crippen molar-refractivity contribution in [3.8, 4) is 5.88 Å². The molecule has 276 valence electrons. The molecule has 3 fully saturated rings. The molecule has 0 bridgehead atoms. The molecule has 3 aliphatic heterocycles. The summed E-state index contributed by atoms with van der Waals surface area (Å²) >= 11 is 3.83. The van der Waals surface area contributed by atoms with Crippen LogP contribution in [0.5, 0.6) is 5.88 Å². The second-order valence-corrected chi connectivity index (χ2v) is 36.1. The normalized spacial score (nSPS) is 25.9. The van der Waals surface area contributed by atoms with Crippen LogP contribution in [0.1, 0.15) is 73.6 Å². The van der Waals surface area contributed by atoms with E-state index < -0.39 is 33.6 Å². The Kier molecular flexibility index (Phi) is 10.8. The number of halogens is 1. The summed E-state index contributed by atoms with van der Waals surface area (Å²) in [6, 6.07) is 12.7. The molecular weight excluding hydrogens is 763 g/mol. The van der Waals surface area contributed by atoms with Gasteiger partial charge in [0.05, 0.1) is 12.7 Å². The van der Waals surface area contributed by atoms with Crippen molar-refractivity contribution in [3.63, 3.8) is 0 Å². The molecule has 0 saturated carbocycles. The van der Waals surface area contributed by atoms with Gasteiger partial charge in [-0.05, 0) is 55.7 Å². The minimum absolute atomic E-state index is 0.182. The lowest BCUT2D eigenvalue weighted by Gasteiger charge is -2.51. The third-order valence-corrected chi connectivity index (χ3v) is 32.0. The maximum absolute atomic E-state index is 7.45. The van der Waals surface area contributed by atoms with E-state index in [4.69, 9.17) is 37.4 Å². The number of fused-ring (bicyclic) bond motifs is 2. The molecule has 0 amide bonds. The molecule has 6 rings (SSSR count). The zero-order valence-corrected chi connectivity index (χ0v) is 37.7. The van der Waals surface area contributed by atoms with Crippen LogP contribution in [0, 0.1) is 0 Å². The molecule has 10 nitrogen and oxygen atoms in total. The Hall–Kier alpha value is -1.44. The first-order valence-electron chi connectivity index (χ1n) is 18.5. The van der Waals surface area contributed by atoms with E-state index in [9.17, 15) is 0 Å². The van der Waals surface area contributed by atoms with Gasteiger partial charge in [0.1, 0.15) is 35.4 Å². The van der Waals surface area contributed by atoms with Crippen molar-refractivity contribution in [2.45, 2.75) is 147 Å². The number of nitrogens with zero attached hydrogens (tertiary/aromatic N) is 5. The molecule has 3 aliphatic rings. The van der Waals surface area contributed by atoms with Crippen LogP contribution in [0.3, 0.4) is 0 Å². The number of aromatic nitrogens is 4. The number of ether oxygens (including phenoxy) is 2. The lowest BCUT2D eigenvalue weighted by atomic mass is 10.2. The van der Waals surface area contributed by atoms with E-state index in [1.165, 1.54) is 12.1 Å². The molecule has 2 aromatic heterocycles. The number of hydrogen-bond donors (Lipinski definition) is 0. The zero-order chi connectivity index (χ0) is 36.4. The average molecular weight is 821 g/mol. The van der Waals surface area contributed by atoms with E-state index in [2.05, 4.69) is 118 Å². The standard InChI is InChI=1S/C35H58BrN5O5Si4/c1-23(2)49(24(3)4)43-22-29-28(45-50(46-49,25(5)6)26(7)8)20-30(44-29)40-32-31(37-34(40)36)33(42-21-27-16-14-13-15-17-27)39-35(38-32)41-47(9,10)18-19-48(41,11)12/h13-17,23-26,28-30H,18-22H2,1-12H3/t28-,29-,30+/m1/s1. The third kappa shape index (κ3) is 6.76. The summed E-state index contributed by atoms with van der Waals surface area (Å²) in [6.07, 6.45) is -0.158. The molecule has 3 aromatic rings. The maximum Gasteiger partial charge on any atom is 0.335 e. The molecule has 50 heavy (non-hydrogen) atoms. The first kappa shape index (κ1) is 38.3. The molecular formula is C35H58BrN5O5Si4. The summed E-state index contributed by atoms with van der Waals surface area (Å²) in [5.41, 5.74) is 3.45. The van der Waals surface area contributed by atoms with Crippen LogP contribution in [-0.4, -0.2) is 71.9 Å². The molecule has 15 heteroatoms. The lowest BCUT2D eigenvalue weighted by molar-refractivity contribution is -0.0550. The van der Waals surface area contributed by atoms with Crippen molar-refractivity contribution < 1.29 is 22.4 Å². The van der Waals surface area contributed by atoms with Crippen molar-refractivity contribution in [1.29, 1.82) is 0 Å². The summed E-state index contributed by atoms with van der Waals surface area (Å²) in [6.45, 7) is 28.6. The van der Waals surface area contributed by atoms with Gasteiger partial charge >= 0.3 is 17.1 Å². The Balaban J connectivity index is 1.43. The van der Waals surface area contributed by atoms with Crippen LogP contribution in [0.4, 0.5) is 5.95 Å². The Labute approximate surface area is 311 Å². The largest absolute Gasteiger partial charge is 0.471 e. The predicted octanol–water partition coefficient (Wildman–Crippen LogP) is 9.64. The smallest absolute Gasteiger partial charge is 0.335 e. The van der Waals surface area contributed by atoms with Crippen LogP contribution in [0.25, 0.3) is 11.2 Å². The van der Waals surface area contributed by atoms with Gasteiger partial charge in [0.15, 0.2) is 15.9 Å². The molecule has 0 spiro atoms. The average Bonchev–Trinajstić information content (AvgIpc) is 3.64. The quantitative estimate of drug-likeness (QED) is 0.155. The fourth-order valence-electron chi connectivity index (χ4n) is 8.58. The van der Waals surface area contributed by atoms with E-state index >= 15 is 0 Å². The molecule has 0 aliphatic carbocycles. The predicted molar refractivity (Wildman–Crippen MR) is 213 cm³/mol. The van der Waals surface area contributed by atoms with Crippen molar-refractivity contribution >= 4 is 66.6 Å². The topological polar surface area (TPSA) is 93.0 Å². The fourth-order valence-corrected chi connectivity index (χ4v) is 34.2. The lowest BCUT2D eigenvalue weighted by Crippen LogP contribution is -2.65. The Morgan fingerprint density at radius 3 is 2.00 bits per heavy atom. The second kappa shape index (κ2) is 14.1. The molecule has 5 heterocycles. The van der Waals surface area contributed by atoms with Crippen molar-refractivity contribution in [3.05, 3.63) is 40.6 Å². The molecule has 3 atom stereocenters. The van der Waals surface area contributed by atoms with Crippen LogP contribution < -0.4 is 8.97 Å². The molecule has 0 unspecified atom stereocenters. The number of imidazole rings is 1. The van der Waals surface area contributed by atoms with E-state index in [0.717, 1.165) is 11.5 Å². The van der Waals surface area contributed by atoms with Crippen molar-refractivity contribution in [1.82, 2.24) is 19.5 Å². The summed E-state index contributed by atoms with van der Waals surface area (Å²) in [7, 11) is -9.05. The van der Waals surface area contributed by atoms with Gasteiger partial charge in [0, 0.05) is 6.42 Å². The molecule has 0 radical (unpaired) electrons. The highest BCUT2D eigenvalue weighted by Crippen LogP contribution is 2.49. The van der Waals surface area contributed by atoms with Gasteiger partial charge in [-0.2, -0.15) is 9.97 Å². The monoisotopic (exact) mass is 819 g/mol. The first-order valence-corrected chi connectivity index (χ1v) is 29.6. The third-order valence-electron chi connectivity index (χ3n) is 11.2. The van der Waals surface area contributed by atoms with Gasteiger partial charge in [0.25, 0.3) is 0 Å². The molecule has 3 saturated heterocycles. The van der Waals surface area contributed by atoms with E-state index in [-0.39, 0.29) is 40.6 Å². The van der Waals surface area contributed by atoms with Gasteiger partial charge in [0.2, 0.25) is 11.8 Å². The van der Waals surface area contributed by atoms with Crippen LogP contribution in [0.2, 0.25) is 60.4 Å². The van der Waals surface area contributed by atoms with Crippen molar-refractivity contribution in [2.24, 2.45) is 0 Å². The van der Waals surface area contributed by atoms with Crippen LogP contribution in [0.15, 0.2) is 35.1 Å². The zero-order valence-electron chi connectivity index (χ0n) is 32.1. The van der Waals surface area contributed by atoms with Gasteiger partial charge in [-0.25, -0.2) is 4.98 Å². The minimum Gasteiger partial charge on any atom is -0.471 e. The fraction of sp³-hybridized carbons (Fsp3) is 0.686. The van der Waals surface area contributed by atoms with Crippen molar-refractivity contribution in [2.75, 3.05) is 10.8 Å². The Morgan fingerprint density at radius 1 is 0.820 bits per heavy atom. The minimum atomic E-state index is -2.78. The van der Waals surface area contributed by atoms with E-state index in [1.54, 1.807) is 0 Å². The van der Waals surface area contributed by atoms with E-state index in [1.807, 2.05) is 18.2 Å². The summed E-state index contributed by atoms with van der Waals surface area (Å²) in [4.78, 5) is 15.5. The number of hydrogen-bond acceptors (Lipinski definition) is 9. The van der Waals surface area contributed by atoms with Gasteiger partial charge in [-0.3, -0.25) is 4.57 Å². The van der Waals surface area contributed by atoms with Gasteiger partial charge in [-0.15, -0.1) is 0 Å². The molecule has 1 aromatic carbocycles. The highest BCUT2D eigenvalue weighted by atomic mass is 79.9. The Morgan fingerprint density at radius 2 is 1.42 bits per heavy atom. The van der Waals surface area contributed by atoms with E-state index in [0.29, 0.717) is 41.4 Å². The number of rotatable bonds is 9. The van der Waals surface area contributed by atoms with Crippen LogP contribution in [-0.2, 0) is 24.3 Å². The first-order chi connectivity index (χ1) is 23.4. The number of benzene rings is 1. The highest BCUT2D eigenvalue weighted by Gasteiger charge is 2.60. The maximum atomic E-state index is 7.45. The Bertz CT molecular complexity index is 1640. The summed E-state index contributed by atoms with van der Waals surface area (Å²) in [5.74, 6) is 1.26. The second-order valence-electron chi connectivity index (χ2n) is 17.0. The molecule has 0 N–H and O–H groups in total. The summed E-state index contributed by atoms with van der Waals surface area (Å²) < 4.78 is 40.7. The van der Waals surface area contributed by atoms with Crippen LogP contribution >= 0.6 is 15.9 Å². The summed E-state index contributed by atoms with van der Waals surface area (Å²) in [5, 5.41) is 0. The van der Waals surface area contributed by atoms with Gasteiger partial charge < -0.3 is 26.7 Å².